The van der Waals surface area contributed by atoms with Crippen LogP contribution in [0.2, 0.25) is 0 Å². The van der Waals surface area contributed by atoms with Crippen LogP contribution < -0.4 is 15.0 Å². The summed E-state index contributed by atoms with van der Waals surface area (Å²) in [6.45, 7) is 1.40. The Morgan fingerprint density at radius 3 is 2.68 bits per heavy atom. The van der Waals surface area contributed by atoms with Gasteiger partial charge in [0.2, 0.25) is 5.82 Å². The van der Waals surface area contributed by atoms with Crippen LogP contribution in [0.15, 0.2) is 83.9 Å². The lowest BCUT2D eigenvalue weighted by Crippen LogP contribution is -2.24. The molecule has 2 heterocycles. The number of methoxy groups -OCH3 is 1. The van der Waals surface area contributed by atoms with Crippen molar-refractivity contribution in [3.8, 4) is 23.1 Å². The fourth-order valence-corrected chi connectivity index (χ4v) is 4.66. The molecular formula is C27H19Br2N3O6. The summed E-state index contributed by atoms with van der Waals surface area (Å²) in [5.74, 6) is -0.152. The van der Waals surface area contributed by atoms with Gasteiger partial charge in [0, 0.05) is 19.9 Å². The monoisotopic (exact) mass is 639 g/mol. The van der Waals surface area contributed by atoms with E-state index in [1.54, 1.807) is 42.5 Å². The lowest BCUT2D eigenvalue weighted by molar-refractivity contribution is -0.144. The Kier molecular flexibility index (Phi) is 7.04. The van der Waals surface area contributed by atoms with Crippen molar-refractivity contribution in [2.75, 3.05) is 7.11 Å². The second kappa shape index (κ2) is 10.4. The van der Waals surface area contributed by atoms with Gasteiger partial charge in [-0.2, -0.15) is 9.78 Å². The molecule has 11 heteroatoms. The first-order valence-corrected chi connectivity index (χ1v) is 12.9. The van der Waals surface area contributed by atoms with Crippen LogP contribution in [-0.4, -0.2) is 40.2 Å². The zero-order valence-electron chi connectivity index (χ0n) is 20.0. The van der Waals surface area contributed by atoms with Crippen LogP contribution in [0, 0.1) is 0 Å². The van der Waals surface area contributed by atoms with Crippen LogP contribution >= 0.6 is 31.9 Å². The maximum atomic E-state index is 13.6. The van der Waals surface area contributed by atoms with Gasteiger partial charge < -0.3 is 19.0 Å². The molecule has 5 rings (SSSR count). The highest BCUT2D eigenvalue weighted by Crippen LogP contribution is 2.35. The molecular weight excluding hydrogens is 622 g/mol. The second-order valence-electron chi connectivity index (χ2n) is 8.23. The van der Waals surface area contributed by atoms with Gasteiger partial charge in [-0.05, 0) is 55.5 Å². The van der Waals surface area contributed by atoms with Gasteiger partial charge in [-0.15, -0.1) is 0 Å². The molecule has 0 aliphatic carbocycles. The van der Waals surface area contributed by atoms with Crippen LogP contribution in [0.5, 0.6) is 11.5 Å². The van der Waals surface area contributed by atoms with Gasteiger partial charge in [0.25, 0.3) is 5.56 Å². The standard InChI is InChI=1S/C27H19Br2N3O6/c1-14(27(34)35)37-24-16(10-18(29)12-22(24)36-2)13-30-32-25(31-20-6-4-3-5-19(20)26(32)33)23-11-15-9-17(28)7-8-21(15)38-23/h3-14H,1-2H3,(H,34,35)/t14-/m1/s1. The zero-order chi connectivity index (χ0) is 27.0. The van der Waals surface area contributed by atoms with Crippen molar-refractivity contribution in [2.45, 2.75) is 13.0 Å². The lowest BCUT2D eigenvalue weighted by atomic mass is 10.2. The van der Waals surface area contributed by atoms with Crippen molar-refractivity contribution in [1.29, 1.82) is 0 Å². The van der Waals surface area contributed by atoms with E-state index in [-0.39, 0.29) is 11.6 Å². The Morgan fingerprint density at radius 2 is 1.92 bits per heavy atom. The van der Waals surface area contributed by atoms with E-state index in [0.717, 1.165) is 14.5 Å². The molecule has 1 N–H and O–H groups in total. The van der Waals surface area contributed by atoms with Gasteiger partial charge in [-0.1, -0.05) is 44.0 Å². The smallest absolute Gasteiger partial charge is 0.344 e. The van der Waals surface area contributed by atoms with Crippen LogP contribution in [0.25, 0.3) is 33.5 Å². The van der Waals surface area contributed by atoms with Crippen molar-refractivity contribution >= 4 is 65.9 Å². The Morgan fingerprint density at radius 1 is 1.13 bits per heavy atom. The highest BCUT2D eigenvalue weighted by Gasteiger charge is 2.20. The predicted octanol–water partition coefficient (Wildman–Crippen LogP) is 6.08. The summed E-state index contributed by atoms with van der Waals surface area (Å²) in [5, 5.41) is 15.0. The molecule has 0 fully saturated rings. The minimum Gasteiger partial charge on any atom is -0.493 e. The minimum absolute atomic E-state index is 0.159. The van der Waals surface area contributed by atoms with Crippen LogP contribution in [0.4, 0.5) is 0 Å². The number of nitrogens with zero attached hydrogens (tertiary/aromatic N) is 3. The molecule has 0 saturated heterocycles. The second-order valence-corrected chi connectivity index (χ2v) is 10.1. The highest BCUT2D eigenvalue weighted by molar-refractivity contribution is 9.10. The van der Waals surface area contributed by atoms with E-state index in [2.05, 4.69) is 41.9 Å². The number of carbonyl (C=O) groups is 1. The number of carboxylic acid groups (broad SMARTS) is 1. The molecule has 38 heavy (non-hydrogen) atoms. The van der Waals surface area contributed by atoms with Gasteiger partial charge in [-0.25, -0.2) is 9.78 Å². The van der Waals surface area contributed by atoms with E-state index in [4.69, 9.17) is 13.9 Å². The molecule has 0 radical (unpaired) electrons. The maximum absolute atomic E-state index is 13.6. The maximum Gasteiger partial charge on any atom is 0.344 e. The summed E-state index contributed by atoms with van der Waals surface area (Å²) in [6, 6.07) is 17.6. The van der Waals surface area contributed by atoms with Gasteiger partial charge in [0.05, 0.1) is 24.2 Å². The fourth-order valence-electron chi connectivity index (χ4n) is 3.82. The molecule has 5 aromatic rings. The molecule has 1 atom stereocenters. The Balaban J connectivity index is 1.71. The molecule has 3 aromatic carbocycles. The number of carboxylic acids is 1. The molecule has 9 nitrogen and oxygen atoms in total. The Bertz CT molecular complexity index is 1790. The normalized spacial score (nSPS) is 12.3. The van der Waals surface area contributed by atoms with Crippen LogP contribution in [-0.2, 0) is 4.79 Å². The molecule has 0 spiro atoms. The Labute approximate surface area is 232 Å². The van der Waals surface area contributed by atoms with E-state index in [9.17, 15) is 14.7 Å². The van der Waals surface area contributed by atoms with Crippen molar-refractivity contribution < 1.29 is 23.8 Å². The van der Waals surface area contributed by atoms with E-state index in [0.29, 0.717) is 38.0 Å². The topological polar surface area (TPSA) is 116 Å². The first kappa shape index (κ1) is 25.7. The van der Waals surface area contributed by atoms with Crippen molar-refractivity contribution in [3.63, 3.8) is 0 Å². The number of aromatic nitrogens is 2. The summed E-state index contributed by atoms with van der Waals surface area (Å²) in [4.78, 5) is 29.7. The average Bonchev–Trinajstić information content (AvgIpc) is 3.32. The summed E-state index contributed by atoms with van der Waals surface area (Å²) in [5.41, 5.74) is 1.08. The molecule has 0 saturated carbocycles. The number of fused-ring (bicyclic) bond motifs is 2. The summed E-state index contributed by atoms with van der Waals surface area (Å²) >= 11 is 6.88. The van der Waals surface area contributed by atoms with Crippen molar-refractivity contribution in [1.82, 2.24) is 9.66 Å². The van der Waals surface area contributed by atoms with E-state index in [1.807, 2.05) is 18.2 Å². The summed E-state index contributed by atoms with van der Waals surface area (Å²) in [7, 11) is 1.44. The molecule has 0 aliphatic rings. The largest absolute Gasteiger partial charge is 0.493 e. The molecule has 2 aromatic heterocycles. The lowest BCUT2D eigenvalue weighted by Gasteiger charge is -2.16. The first-order valence-electron chi connectivity index (χ1n) is 11.3. The predicted molar refractivity (Wildman–Crippen MR) is 150 cm³/mol. The fraction of sp³-hybridized carbons (Fsp3) is 0.111. The number of furan rings is 1. The van der Waals surface area contributed by atoms with Crippen LogP contribution in [0.1, 0.15) is 12.5 Å². The number of aliphatic carboxylic acids is 1. The number of ether oxygens (including phenoxy) is 2. The highest BCUT2D eigenvalue weighted by atomic mass is 79.9. The molecule has 0 aliphatic heterocycles. The number of para-hydroxylation sites is 1. The summed E-state index contributed by atoms with van der Waals surface area (Å²) < 4.78 is 19.8. The summed E-state index contributed by atoms with van der Waals surface area (Å²) in [6.07, 6.45) is 0.227. The Hall–Kier alpha value is -3.96. The first-order chi connectivity index (χ1) is 18.2. The molecule has 0 bridgehead atoms. The SMILES string of the molecule is COc1cc(Br)cc(C=Nn2c(-c3cc4cc(Br)ccc4o3)nc3ccccc3c2=O)c1O[C@H](C)C(=O)O. The number of hydrogen-bond donors (Lipinski definition) is 1. The van der Waals surface area contributed by atoms with Crippen molar-refractivity contribution in [3.05, 3.63) is 85.5 Å². The zero-order valence-corrected chi connectivity index (χ0v) is 23.2. The third kappa shape index (κ3) is 4.94. The quantitative estimate of drug-likeness (QED) is 0.214. The minimum atomic E-state index is -1.16. The number of hydrogen-bond acceptors (Lipinski definition) is 7. The van der Waals surface area contributed by atoms with Gasteiger partial charge in [0.1, 0.15) is 5.58 Å². The average molecular weight is 641 g/mol. The molecule has 0 amide bonds. The van der Waals surface area contributed by atoms with E-state index >= 15 is 0 Å². The number of halogens is 2. The van der Waals surface area contributed by atoms with Crippen LogP contribution in [0.3, 0.4) is 0 Å². The molecule has 0 unspecified atom stereocenters. The van der Waals surface area contributed by atoms with Gasteiger partial charge in [-0.3, -0.25) is 4.79 Å². The number of rotatable bonds is 7. The van der Waals surface area contributed by atoms with Gasteiger partial charge in [0.15, 0.2) is 23.4 Å². The molecule has 192 valence electrons. The van der Waals surface area contributed by atoms with Crippen molar-refractivity contribution in [2.24, 2.45) is 5.10 Å². The van der Waals surface area contributed by atoms with Gasteiger partial charge >= 0.3 is 5.97 Å². The van der Waals surface area contributed by atoms with E-state index in [1.165, 1.54) is 20.2 Å². The van der Waals surface area contributed by atoms with E-state index < -0.39 is 17.6 Å². The number of benzene rings is 3. The third-order valence-electron chi connectivity index (χ3n) is 5.68. The third-order valence-corrected chi connectivity index (χ3v) is 6.63.